The highest BCUT2D eigenvalue weighted by Gasteiger charge is 2.45. The summed E-state index contributed by atoms with van der Waals surface area (Å²) in [5.41, 5.74) is 8.42. The quantitative estimate of drug-likeness (QED) is 0.598. The number of allylic oxidation sites excluding steroid dienone is 1. The molecule has 2 bridgehead atoms. The minimum absolute atomic E-state index is 0.0642. The maximum Gasteiger partial charge on any atom is 0.490 e. The van der Waals surface area contributed by atoms with E-state index in [1.54, 1.807) is 6.08 Å². The first-order valence-electron chi connectivity index (χ1n) is 10.7. The van der Waals surface area contributed by atoms with Gasteiger partial charge in [-0.15, -0.1) is 0 Å². The lowest BCUT2D eigenvalue weighted by Gasteiger charge is -2.21. The van der Waals surface area contributed by atoms with Crippen LogP contribution >= 0.6 is 0 Å². The summed E-state index contributed by atoms with van der Waals surface area (Å²) in [4.78, 5) is 35.8. The maximum atomic E-state index is 12.8. The third kappa shape index (κ3) is 5.97. The molecule has 0 spiro atoms. The molecule has 0 unspecified atom stereocenters. The van der Waals surface area contributed by atoms with E-state index in [-0.39, 0.29) is 35.7 Å². The van der Waals surface area contributed by atoms with E-state index in [1.165, 1.54) is 11.1 Å². The SMILES string of the molecule is CC[C@@H](/C=C/C(=O)N1[C@@H]2CC[C@H]1c1ccccc12)CC(=O)[C@@H](N)CC.O=C(O)C(F)(F)F. The minimum atomic E-state index is -5.08. The van der Waals surface area contributed by atoms with Crippen LogP contribution in [0.2, 0.25) is 0 Å². The number of hydrogen-bond donors (Lipinski definition) is 2. The fourth-order valence-corrected chi connectivity index (χ4v) is 4.14. The first kappa shape index (κ1) is 25.6. The van der Waals surface area contributed by atoms with E-state index in [0.29, 0.717) is 12.8 Å². The number of amides is 1. The predicted octanol–water partition coefficient (Wildman–Crippen LogP) is 4.32. The number of carbonyl (C=O) groups is 3. The van der Waals surface area contributed by atoms with Crippen LogP contribution in [0.25, 0.3) is 0 Å². The normalized spacial score (nSPS) is 21.0. The van der Waals surface area contributed by atoms with Gasteiger partial charge < -0.3 is 15.7 Å². The molecule has 6 nitrogen and oxygen atoms in total. The van der Waals surface area contributed by atoms with Gasteiger partial charge in [0.2, 0.25) is 5.91 Å². The Hall–Kier alpha value is -2.68. The van der Waals surface area contributed by atoms with Crippen LogP contribution in [0.3, 0.4) is 0 Å². The largest absolute Gasteiger partial charge is 0.490 e. The third-order valence-corrected chi connectivity index (χ3v) is 5.95. The van der Waals surface area contributed by atoms with Crippen LogP contribution in [0.1, 0.15) is 69.2 Å². The van der Waals surface area contributed by atoms with E-state index in [2.05, 4.69) is 12.1 Å². The van der Waals surface area contributed by atoms with Crippen molar-refractivity contribution in [2.75, 3.05) is 0 Å². The molecule has 0 aliphatic carbocycles. The summed E-state index contributed by atoms with van der Waals surface area (Å²) in [5, 5.41) is 7.12. The number of nitrogens with zero attached hydrogens (tertiary/aromatic N) is 1. The Morgan fingerprint density at radius 2 is 1.62 bits per heavy atom. The fourth-order valence-electron chi connectivity index (χ4n) is 4.14. The Morgan fingerprint density at radius 1 is 1.12 bits per heavy atom. The van der Waals surface area contributed by atoms with Crippen LogP contribution in [0.15, 0.2) is 36.4 Å². The van der Waals surface area contributed by atoms with Crippen molar-refractivity contribution in [2.24, 2.45) is 11.7 Å². The molecular weight excluding hydrogens is 425 g/mol. The molecule has 32 heavy (non-hydrogen) atoms. The molecule has 1 aromatic carbocycles. The van der Waals surface area contributed by atoms with Gasteiger partial charge in [0, 0.05) is 6.42 Å². The van der Waals surface area contributed by atoms with Gasteiger partial charge in [0.15, 0.2) is 0 Å². The highest BCUT2D eigenvalue weighted by Crippen LogP contribution is 2.52. The van der Waals surface area contributed by atoms with E-state index in [4.69, 9.17) is 15.6 Å². The summed E-state index contributed by atoms with van der Waals surface area (Å²) in [6, 6.07) is 8.43. The number of hydrogen-bond acceptors (Lipinski definition) is 4. The third-order valence-electron chi connectivity index (χ3n) is 5.95. The van der Waals surface area contributed by atoms with Gasteiger partial charge in [0.25, 0.3) is 0 Å². The summed E-state index contributed by atoms with van der Waals surface area (Å²) < 4.78 is 31.7. The average Bonchev–Trinajstić information content (AvgIpc) is 3.33. The standard InChI is InChI=1S/C21H28N2O2.C2HF3O2/c1-3-14(13-20(24)17(22)4-2)9-12-21(25)23-18-10-11-19(23)16-8-6-5-7-15(16)18;3-2(4,5)1(6)7/h5-9,12,14,17-19H,3-4,10-11,13,22H2,1-2H3;(H,6,7)/b12-9+;/t14-,17-,18-,19+;/m0./s1. The molecule has 0 saturated carbocycles. The first-order chi connectivity index (χ1) is 15.0. The van der Waals surface area contributed by atoms with E-state index in [0.717, 1.165) is 19.3 Å². The van der Waals surface area contributed by atoms with Crippen molar-refractivity contribution in [3.05, 3.63) is 47.5 Å². The van der Waals surface area contributed by atoms with Crippen molar-refractivity contribution in [1.82, 2.24) is 4.90 Å². The average molecular weight is 454 g/mol. The van der Waals surface area contributed by atoms with Crippen LogP contribution in [-0.4, -0.2) is 39.9 Å². The zero-order chi connectivity index (χ0) is 24.1. The Kier molecular flexibility index (Phi) is 8.60. The lowest BCUT2D eigenvalue weighted by atomic mass is 9.92. The van der Waals surface area contributed by atoms with Crippen LogP contribution in [0.5, 0.6) is 0 Å². The summed E-state index contributed by atoms with van der Waals surface area (Å²) >= 11 is 0. The lowest BCUT2D eigenvalue weighted by molar-refractivity contribution is -0.192. The molecule has 3 N–H and O–H groups in total. The molecule has 176 valence electrons. The van der Waals surface area contributed by atoms with Crippen molar-refractivity contribution in [1.29, 1.82) is 0 Å². The van der Waals surface area contributed by atoms with Crippen LogP contribution in [-0.2, 0) is 14.4 Å². The van der Waals surface area contributed by atoms with E-state index < -0.39 is 12.1 Å². The number of aliphatic carboxylic acids is 1. The second-order valence-corrected chi connectivity index (χ2v) is 8.00. The Bertz CT molecular complexity index is 838. The van der Waals surface area contributed by atoms with Crippen molar-refractivity contribution in [3.63, 3.8) is 0 Å². The fraction of sp³-hybridized carbons (Fsp3) is 0.522. The number of fused-ring (bicyclic) bond motifs is 5. The lowest BCUT2D eigenvalue weighted by Crippen LogP contribution is -2.30. The van der Waals surface area contributed by atoms with Crippen LogP contribution in [0, 0.1) is 5.92 Å². The number of benzene rings is 1. The minimum Gasteiger partial charge on any atom is -0.475 e. The second-order valence-electron chi connectivity index (χ2n) is 8.00. The van der Waals surface area contributed by atoms with Gasteiger partial charge in [0.05, 0.1) is 18.1 Å². The molecule has 4 atom stereocenters. The van der Waals surface area contributed by atoms with Gasteiger partial charge in [-0.05, 0) is 48.8 Å². The summed E-state index contributed by atoms with van der Waals surface area (Å²) in [6.45, 7) is 3.96. The second kappa shape index (κ2) is 10.8. The molecule has 2 aliphatic rings. The first-order valence-corrected chi connectivity index (χ1v) is 10.7. The number of carboxylic acid groups (broad SMARTS) is 1. The molecule has 1 saturated heterocycles. The number of alkyl halides is 3. The number of carbonyl (C=O) groups excluding carboxylic acids is 2. The number of nitrogens with two attached hydrogens (primary N) is 1. The molecule has 2 aliphatic heterocycles. The highest BCUT2D eigenvalue weighted by molar-refractivity contribution is 5.89. The van der Waals surface area contributed by atoms with Crippen molar-refractivity contribution < 1.29 is 32.7 Å². The van der Waals surface area contributed by atoms with Gasteiger partial charge in [-0.25, -0.2) is 4.79 Å². The smallest absolute Gasteiger partial charge is 0.475 e. The summed E-state index contributed by atoms with van der Waals surface area (Å²) in [6.07, 6.45) is 2.50. The van der Waals surface area contributed by atoms with Crippen molar-refractivity contribution in [3.8, 4) is 0 Å². The molecule has 0 aromatic heterocycles. The van der Waals surface area contributed by atoms with Crippen molar-refractivity contribution >= 4 is 17.7 Å². The zero-order valence-corrected chi connectivity index (χ0v) is 18.1. The summed E-state index contributed by atoms with van der Waals surface area (Å²) in [7, 11) is 0. The predicted molar refractivity (Wildman–Crippen MR) is 113 cm³/mol. The highest BCUT2D eigenvalue weighted by atomic mass is 19.4. The number of rotatable bonds is 7. The summed E-state index contributed by atoms with van der Waals surface area (Å²) in [5.74, 6) is -2.53. The van der Waals surface area contributed by atoms with Gasteiger partial charge in [-0.3, -0.25) is 9.59 Å². The zero-order valence-electron chi connectivity index (χ0n) is 18.1. The van der Waals surface area contributed by atoms with E-state index >= 15 is 0 Å². The Balaban J connectivity index is 0.000000451. The van der Waals surface area contributed by atoms with Crippen LogP contribution in [0.4, 0.5) is 13.2 Å². The maximum absolute atomic E-state index is 12.8. The molecule has 2 heterocycles. The molecule has 1 fully saturated rings. The van der Waals surface area contributed by atoms with Crippen LogP contribution < -0.4 is 5.73 Å². The topological polar surface area (TPSA) is 101 Å². The number of Topliss-reactive ketones (excluding diaryl/α,β-unsaturated/α-hetero) is 1. The number of carboxylic acids is 1. The van der Waals surface area contributed by atoms with Gasteiger partial charge in [-0.1, -0.05) is 44.2 Å². The van der Waals surface area contributed by atoms with Gasteiger partial charge in [0.1, 0.15) is 5.78 Å². The van der Waals surface area contributed by atoms with Gasteiger partial charge >= 0.3 is 12.1 Å². The molecule has 3 rings (SSSR count). The number of halogens is 3. The monoisotopic (exact) mass is 454 g/mol. The molecule has 0 radical (unpaired) electrons. The number of ketones is 1. The molecule has 1 amide bonds. The van der Waals surface area contributed by atoms with Gasteiger partial charge in [-0.2, -0.15) is 13.2 Å². The molecular formula is C23H29F3N2O4. The van der Waals surface area contributed by atoms with Crippen molar-refractivity contribution in [2.45, 2.75) is 70.3 Å². The Labute approximate surface area is 185 Å². The van der Waals surface area contributed by atoms with E-state index in [9.17, 15) is 22.8 Å². The Morgan fingerprint density at radius 3 is 2.03 bits per heavy atom. The van der Waals surface area contributed by atoms with E-state index in [1.807, 2.05) is 37.0 Å². The molecule has 9 heteroatoms. The molecule has 1 aromatic rings.